The molecular formula is C21H27N5O3. The SMILES string of the molecule is CC(C)Cc1nccc2c1nc(Cn1cccc(N)c1=O)n2C(=O)OC(C)(C)C. The van der Waals surface area contributed by atoms with E-state index in [1.54, 1.807) is 51.4 Å². The normalized spacial score (nSPS) is 11.9. The molecule has 0 saturated heterocycles. The van der Waals surface area contributed by atoms with E-state index < -0.39 is 11.7 Å². The minimum absolute atomic E-state index is 0.0823. The number of nitrogens with zero attached hydrogens (tertiary/aromatic N) is 4. The van der Waals surface area contributed by atoms with Crippen molar-refractivity contribution in [2.24, 2.45) is 5.92 Å². The van der Waals surface area contributed by atoms with Crippen LogP contribution in [0.2, 0.25) is 0 Å². The first-order valence-corrected chi connectivity index (χ1v) is 9.60. The summed E-state index contributed by atoms with van der Waals surface area (Å²) >= 11 is 0. The number of nitrogens with two attached hydrogens (primary N) is 1. The van der Waals surface area contributed by atoms with E-state index in [2.05, 4.69) is 23.8 Å². The van der Waals surface area contributed by atoms with Crippen molar-refractivity contribution >= 4 is 22.8 Å². The van der Waals surface area contributed by atoms with E-state index in [1.807, 2.05) is 0 Å². The Morgan fingerprint density at radius 3 is 2.66 bits per heavy atom. The highest BCUT2D eigenvalue weighted by Crippen LogP contribution is 2.23. The van der Waals surface area contributed by atoms with E-state index in [0.717, 1.165) is 12.1 Å². The first-order chi connectivity index (χ1) is 13.6. The number of hydrogen-bond acceptors (Lipinski definition) is 6. The third kappa shape index (κ3) is 4.47. The highest BCUT2D eigenvalue weighted by molar-refractivity contribution is 5.88. The van der Waals surface area contributed by atoms with E-state index in [1.165, 1.54) is 9.13 Å². The van der Waals surface area contributed by atoms with Crippen molar-refractivity contribution in [3.8, 4) is 0 Å². The smallest absolute Gasteiger partial charge is 0.420 e. The monoisotopic (exact) mass is 397 g/mol. The molecule has 0 atom stereocenters. The number of carbonyl (C=O) groups is 1. The molecule has 0 unspecified atom stereocenters. The van der Waals surface area contributed by atoms with E-state index in [4.69, 9.17) is 10.5 Å². The molecule has 154 valence electrons. The average Bonchev–Trinajstić information content (AvgIpc) is 2.96. The largest absolute Gasteiger partial charge is 0.443 e. The van der Waals surface area contributed by atoms with Gasteiger partial charge in [-0.1, -0.05) is 13.8 Å². The highest BCUT2D eigenvalue weighted by atomic mass is 16.6. The van der Waals surface area contributed by atoms with Crippen LogP contribution in [0.1, 0.15) is 46.1 Å². The minimum Gasteiger partial charge on any atom is -0.443 e. The van der Waals surface area contributed by atoms with Crippen LogP contribution in [0.5, 0.6) is 0 Å². The molecule has 0 saturated carbocycles. The molecule has 0 spiro atoms. The molecule has 3 rings (SSSR count). The Labute approximate surface area is 169 Å². The lowest BCUT2D eigenvalue weighted by Crippen LogP contribution is -2.29. The predicted octanol–water partition coefficient (Wildman–Crippen LogP) is 3.21. The van der Waals surface area contributed by atoms with Crippen molar-refractivity contribution in [1.82, 2.24) is 19.1 Å². The maximum atomic E-state index is 13.0. The van der Waals surface area contributed by atoms with Gasteiger partial charge in [-0.25, -0.2) is 14.3 Å². The molecule has 0 aliphatic carbocycles. The second-order valence-corrected chi connectivity index (χ2v) is 8.46. The van der Waals surface area contributed by atoms with Crippen LogP contribution in [0.4, 0.5) is 10.5 Å². The van der Waals surface area contributed by atoms with E-state index in [0.29, 0.717) is 22.8 Å². The van der Waals surface area contributed by atoms with Crippen LogP contribution in [-0.4, -0.2) is 30.8 Å². The Kier molecular flexibility index (Phi) is 5.46. The highest BCUT2D eigenvalue weighted by Gasteiger charge is 2.25. The predicted molar refractivity (Wildman–Crippen MR) is 112 cm³/mol. The Morgan fingerprint density at radius 1 is 1.28 bits per heavy atom. The van der Waals surface area contributed by atoms with Crippen molar-refractivity contribution in [3.63, 3.8) is 0 Å². The molecule has 0 fully saturated rings. The minimum atomic E-state index is -0.674. The molecule has 8 heteroatoms. The molecule has 0 radical (unpaired) electrons. The summed E-state index contributed by atoms with van der Waals surface area (Å²) in [6.07, 6.45) is 3.46. The van der Waals surface area contributed by atoms with Crippen LogP contribution in [-0.2, 0) is 17.7 Å². The number of imidazole rings is 1. The van der Waals surface area contributed by atoms with Crippen molar-refractivity contribution < 1.29 is 9.53 Å². The topological polar surface area (TPSA) is 105 Å². The standard InChI is InChI=1S/C21H27N5O3/c1-13(2)11-15-18-16(8-9-23-15)26(20(28)29-21(3,4)5)17(24-18)12-25-10-6-7-14(22)19(25)27/h6-10,13H,11-12,22H2,1-5H3. The summed E-state index contributed by atoms with van der Waals surface area (Å²) in [4.78, 5) is 34.5. The Balaban J connectivity index is 2.18. The number of rotatable bonds is 4. The fourth-order valence-electron chi connectivity index (χ4n) is 3.09. The van der Waals surface area contributed by atoms with Crippen LogP contribution in [0, 0.1) is 5.92 Å². The molecule has 3 heterocycles. The van der Waals surface area contributed by atoms with Crippen molar-refractivity contribution in [3.05, 3.63) is 52.5 Å². The van der Waals surface area contributed by atoms with Crippen LogP contribution in [0.25, 0.3) is 11.0 Å². The molecule has 0 aliphatic heterocycles. The van der Waals surface area contributed by atoms with Gasteiger partial charge >= 0.3 is 6.09 Å². The molecule has 3 aromatic rings. The quantitative estimate of drug-likeness (QED) is 0.725. The van der Waals surface area contributed by atoms with Gasteiger partial charge in [-0.2, -0.15) is 0 Å². The third-order valence-corrected chi connectivity index (χ3v) is 4.26. The molecule has 0 aromatic carbocycles. The van der Waals surface area contributed by atoms with Gasteiger partial charge in [0.2, 0.25) is 0 Å². The maximum absolute atomic E-state index is 13.0. The number of anilines is 1. The van der Waals surface area contributed by atoms with E-state index in [-0.39, 0.29) is 17.8 Å². The van der Waals surface area contributed by atoms with Crippen molar-refractivity contribution in [2.75, 3.05) is 5.73 Å². The number of nitrogen functional groups attached to an aromatic ring is 1. The van der Waals surface area contributed by atoms with Crippen LogP contribution < -0.4 is 11.3 Å². The number of hydrogen-bond donors (Lipinski definition) is 1. The molecule has 29 heavy (non-hydrogen) atoms. The zero-order chi connectivity index (χ0) is 21.3. The number of carbonyl (C=O) groups excluding carboxylic acids is 1. The summed E-state index contributed by atoms with van der Waals surface area (Å²) in [5, 5.41) is 0. The van der Waals surface area contributed by atoms with Gasteiger partial charge in [-0.15, -0.1) is 0 Å². The fourth-order valence-corrected chi connectivity index (χ4v) is 3.09. The Morgan fingerprint density at radius 2 is 2.00 bits per heavy atom. The lowest BCUT2D eigenvalue weighted by Gasteiger charge is -2.20. The number of fused-ring (bicyclic) bond motifs is 1. The summed E-state index contributed by atoms with van der Waals surface area (Å²) in [5.74, 6) is 0.764. The maximum Gasteiger partial charge on any atom is 0.420 e. The summed E-state index contributed by atoms with van der Waals surface area (Å²) in [6, 6.07) is 4.96. The fraction of sp³-hybridized carbons (Fsp3) is 0.429. The summed E-state index contributed by atoms with van der Waals surface area (Å²) in [7, 11) is 0. The van der Waals surface area contributed by atoms with Gasteiger partial charge in [-0.05, 0) is 51.3 Å². The van der Waals surface area contributed by atoms with Gasteiger partial charge in [0.25, 0.3) is 5.56 Å². The van der Waals surface area contributed by atoms with E-state index in [9.17, 15) is 9.59 Å². The molecule has 0 amide bonds. The number of ether oxygens (including phenoxy) is 1. The van der Waals surface area contributed by atoms with Gasteiger partial charge < -0.3 is 15.0 Å². The lowest BCUT2D eigenvalue weighted by atomic mass is 10.1. The molecule has 8 nitrogen and oxygen atoms in total. The first kappa shape index (κ1) is 20.6. The molecule has 3 aromatic heterocycles. The second kappa shape index (κ2) is 7.69. The molecule has 0 bridgehead atoms. The first-order valence-electron chi connectivity index (χ1n) is 9.60. The summed E-state index contributed by atoms with van der Waals surface area (Å²) in [6.45, 7) is 9.68. The summed E-state index contributed by atoms with van der Waals surface area (Å²) < 4.78 is 8.44. The van der Waals surface area contributed by atoms with Crippen molar-refractivity contribution in [1.29, 1.82) is 0 Å². The van der Waals surface area contributed by atoms with Gasteiger partial charge in [0.05, 0.1) is 23.4 Å². The zero-order valence-corrected chi connectivity index (χ0v) is 17.5. The number of pyridine rings is 2. The Hall–Kier alpha value is -3.16. The zero-order valence-electron chi connectivity index (χ0n) is 17.5. The van der Waals surface area contributed by atoms with Gasteiger partial charge in [0, 0.05) is 12.4 Å². The van der Waals surface area contributed by atoms with Crippen LogP contribution in [0.3, 0.4) is 0 Å². The van der Waals surface area contributed by atoms with Gasteiger partial charge in [0.15, 0.2) is 0 Å². The molecular weight excluding hydrogens is 370 g/mol. The van der Waals surface area contributed by atoms with E-state index >= 15 is 0 Å². The Bertz CT molecular complexity index is 1110. The molecule has 2 N–H and O–H groups in total. The van der Waals surface area contributed by atoms with Gasteiger partial charge in [0.1, 0.15) is 16.9 Å². The van der Waals surface area contributed by atoms with Crippen LogP contribution in [0.15, 0.2) is 35.4 Å². The van der Waals surface area contributed by atoms with Gasteiger partial charge in [-0.3, -0.25) is 9.78 Å². The summed E-state index contributed by atoms with van der Waals surface area (Å²) in [5.41, 5.74) is 6.92. The second-order valence-electron chi connectivity index (χ2n) is 8.46. The number of aromatic nitrogens is 4. The lowest BCUT2D eigenvalue weighted by molar-refractivity contribution is 0.0538. The average molecular weight is 397 g/mol. The van der Waals surface area contributed by atoms with Crippen molar-refractivity contribution in [2.45, 2.75) is 53.2 Å². The van der Waals surface area contributed by atoms with Crippen LogP contribution >= 0.6 is 0 Å². The third-order valence-electron chi connectivity index (χ3n) is 4.26. The molecule has 0 aliphatic rings.